The minimum Gasteiger partial charge on any atom is -0.493 e. The lowest BCUT2D eigenvalue weighted by Crippen LogP contribution is -2.41. The largest absolute Gasteiger partial charge is 0.493 e. The average Bonchev–Trinajstić information content (AvgIpc) is 2.51. The molecule has 6 nitrogen and oxygen atoms in total. The third-order valence-electron chi connectivity index (χ3n) is 2.96. The van der Waals surface area contributed by atoms with Crippen LogP contribution in [0.4, 0.5) is 0 Å². The molecule has 1 rings (SSSR count). The maximum atomic E-state index is 5.47. The predicted octanol–water partition coefficient (Wildman–Crippen LogP) is 2.18. The molecule has 0 aliphatic heterocycles. The molecular weight excluding hydrogens is 282 g/mol. The summed E-state index contributed by atoms with van der Waals surface area (Å²) in [5.41, 5.74) is 0.932. The summed E-state index contributed by atoms with van der Waals surface area (Å²) in [6.45, 7) is 7.47. The van der Waals surface area contributed by atoms with Crippen LogP contribution in [0, 0.1) is 0 Å². The molecule has 0 aliphatic rings. The van der Waals surface area contributed by atoms with Crippen LogP contribution >= 0.6 is 0 Å². The predicted molar refractivity (Wildman–Crippen MR) is 89.2 cm³/mol. The third kappa shape index (κ3) is 4.72. The van der Waals surface area contributed by atoms with E-state index in [1.54, 1.807) is 21.3 Å². The summed E-state index contributed by atoms with van der Waals surface area (Å²) >= 11 is 0. The Morgan fingerprint density at radius 2 is 1.77 bits per heavy atom. The molecule has 1 aromatic carbocycles. The van der Waals surface area contributed by atoms with Crippen LogP contribution in [0.2, 0.25) is 0 Å². The number of methoxy groups -OCH3 is 3. The molecule has 0 fully saturated rings. The Bertz CT molecular complexity index is 502. The monoisotopic (exact) mass is 309 g/mol. The lowest BCUT2D eigenvalue weighted by atomic mass is 10.1. The van der Waals surface area contributed by atoms with Crippen LogP contribution in [0.3, 0.4) is 0 Å². The molecule has 1 aromatic rings. The van der Waals surface area contributed by atoms with Gasteiger partial charge in [0.15, 0.2) is 17.5 Å². The van der Waals surface area contributed by atoms with Crippen LogP contribution in [0.5, 0.6) is 17.2 Å². The van der Waals surface area contributed by atoms with E-state index >= 15 is 0 Å². The van der Waals surface area contributed by atoms with Gasteiger partial charge < -0.3 is 24.8 Å². The number of hydrogen-bond acceptors (Lipinski definition) is 4. The van der Waals surface area contributed by atoms with Crippen LogP contribution < -0.4 is 24.8 Å². The van der Waals surface area contributed by atoms with Gasteiger partial charge in [-0.15, -0.1) is 0 Å². The van der Waals surface area contributed by atoms with Gasteiger partial charge >= 0.3 is 0 Å². The number of guanidine groups is 1. The Morgan fingerprint density at radius 1 is 1.09 bits per heavy atom. The zero-order chi connectivity index (χ0) is 16.5. The van der Waals surface area contributed by atoms with Crippen LogP contribution in [0.1, 0.15) is 26.3 Å². The molecule has 0 spiro atoms. The maximum absolute atomic E-state index is 5.47. The number of rotatable bonds is 7. The van der Waals surface area contributed by atoms with Gasteiger partial charge in [0.1, 0.15) is 0 Å². The summed E-state index contributed by atoms with van der Waals surface area (Å²) in [6, 6.07) is 4.10. The number of nitrogens with zero attached hydrogens (tertiary/aromatic N) is 1. The van der Waals surface area contributed by atoms with Crippen molar-refractivity contribution in [3.63, 3.8) is 0 Å². The fourth-order valence-electron chi connectivity index (χ4n) is 2.05. The van der Waals surface area contributed by atoms with Gasteiger partial charge in [-0.25, -0.2) is 4.99 Å². The average molecular weight is 309 g/mol. The molecule has 0 atom stereocenters. The summed E-state index contributed by atoms with van der Waals surface area (Å²) in [5, 5.41) is 6.50. The van der Waals surface area contributed by atoms with E-state index in [1.165, 1.54) is 0 Å². The van der Waals surface area contributed by atoms with Crippen molar-refractivity contribution in [2.45, 2.75) is 33.4 Å². The standard InChI is InChI=1S/C16H27N3O3/c1-7-17-16(19-11(2)3)18-10-12-8-9-13(20-4)15(22-6)14(12)21-5/h8-9,11H,7,10H2,1-6H3,(H2,17,18,19). The molecular formula is C16H27N3O3. The smallest absolute Gasteiger partial charge is 0.203 e. The topological polar surface area (TPSA) is 64.1 Å². The number of nitrogens with one attached hydrogen (secondary N) is 2. The Kier molecular flexibility index (Phi) is 7.36. The lowest BCUT2D eigenvalue weighted by Gasteiger charge is -2.16. The molecule has 0 aliphatic carbocycles. The van der Waals surface area contributed by atoms with Gasteiger partial charge in [0, 0.05) is 18.2 Å². The summed E-state index contributed by atoms with van der Waals surface area (Å²) < 4.78 is 16.1. The number of aliphatic imine (C=N–C) groups is 1. The number of ether oxygens (including phenoxy) is 3. The first-order valence-corrected chi connectivity index (χ1v) is 7.40. The molecule has 0 saturated heterocycles. The van der Waals surface area contributed by atoms with E-state index in [1.807, 2.05) is 19.1 Å². The zero-order valence-corrected chi connectivity index (χ0v) is 14.3. The van der Waals surface area contributed by atoms with Gasteiger partial charge in [0.2, 0.25) is 5.75 Å². The molecule has 6 heteroatoms. The molecule has 0 saturated carbocycles. The highest BCUT2D eigenvalue weighted by molar-refractivity contribution is 5.80. The highest BCUT2D eigenvalue weighted by Gasteiger charge is 2.15. The van der Waals surface area contributed by atoms with E-state index in [4.69, 9.17) is 14.2 Å². The molecule has 0 aromatic heterocycles. The summed E-state index contributed by atoms with van der Waals surface area (Å²) in [4.78, 5) is 4.58. The summed E-state index contributed by atoms with van der Waals surface area (Å²) in [6.07, 6.45) is 0. The van der Waals surface area contributed by atoms with Gasteiger partial charge in [-0.2, -0.15) is 0 Å². The van der Waals surface area contributed by atoms with Crippen molar-refractivity contribution in [2.75, 3.05) is 27.9 Å². The van der Waals surface area contributed by atoms with Gasteiger partial charge in [0.25, 0.3) is 0 Å². The second-order valence-electron chi connectivity index (χ2n) is 4.99. The van der Waals surface area contributed by atoms with Crippen molar-refractivity contribution >= 4 is 5.96 Å². The fourth-order valence-corrected chi connectivity index (χ4v) is 2.05. The first-order chi connectivity index (χ1) is 10.6. The van der Waals surface area contributed by atoms with Crippen LogP contribution in [-0.2, 0) is 6.54 Å². The van der Waals surface area contributed by atoms with Crippen molar-refractivity contribution in [1.29, 1.82) is 0 Å². The van der Waals surface area contributed by atoms with Crippen molar-refractivity contribution in [2.24, 2.45) is 4.99 Å². The van der Waals surface area contributed by atoms with Crippen molar-refractivity contribution < 1.29 is 14.2 Å². The molecule has 0 bridgehead atoms. The van der Waals surface area contributed by atoms with Crippen LogP contribution in [-0.4, -0.2) is 39.9 Å². The van der Waals surface area contributed by atoms with E-state index in [-0.39, 0.29) is 0 Å². The quantitative estimate of drug-likeness (QED) is 0.597. The van der Waals surface area contributed by atoms with E-state index in [2.05, 4.69) is 29.5 Å². The minimum atomic E-state index is 0.310. The zero-order valence-electron chi connectivity index (χ0n) is 14.3. The van der Waals surface area contributed by atoms with Crippen molar-refractivity contribution in [3.8, 4) is 17.2 Å². The molecule has 0 amide bonds. The van der Waals surface area contributed by atoms with Gasteiger partial charge in [-0.1, -0.05) is 0 Å². The number of benzene rings is 1. The molecule has 124 valence electrons. The Balaban J connectivity index is 3.05. The van der Waals surface area contributed by atoms with Gasteiger partial charge in [-0.3, -0.25) is 0 Å². The Hall–Kier alpha value is -2.11. The summed E-state index contributed by atoms with van der Waals surface area (Å²) in [5.74, 6) is 2.64. The SMILES string of the molecule is CCNC(=NCc1ccc(OC)c(OC)c1OC)NC(C)C. The molecule has 0 unspecified atom stereocenters. The first-order valence-electron chi connectivity index (χ1n) is 7.40. The molecule has 22 heavy (non-hydrogen) atoms. The molecule has 0 heterocycles. The molecule has 2 N–H and O–H groups in total. The third-order valence-corrected chi connectivity index (χ3v) is 2.96. The summed E-state index contributed by atoms with van der Waals surface area (Å²) in [7, 11) is 4.81. The first kappa shape index (κ1) is 17.9. The van der Waals surface area contributed by atoms with E-state index < -0.39 is 0 Å². The van der Waals surface area contributed by atoms with Crippen LogP contribution in [0.15, 0.2) is 17.1 Å². The second kappa shape index (κ2) is 9.02. The normalized spacial score (nSPS) is 11.3. The minimum absolute atomic E-state index is 0.310. The van der Waals surface area contributed by atoms with Crippen LogP contribution in [0.25, 0.3) is 0 Å². The highest BCUT2D eigenvalue weighted by Crippen LogP contribution is 2.39. The van der Waals surface area contributed by atoms with E-state index in [9.17, 15) is 0 Å². The maximum Gasteiger partial charge on any atom is 0.203 e. The van der Waals surface area contributed by atoms with Crippen molar-refractivity contribution in [1.82, 2.24) is 10.6 Å². The Morgan fingerprint density at radius 3 is 2.27 bits per heavy atom. The van der Waals surface area contributed by atoms with Crippen molar-refractivity contribution in [3.05, 3.63) is 17.7 Å². The fraction of sp³-hybridized carbons (Fsp3) is 0.562. The van der Waals surface area contributed by atoms with Gasteiger partial charge in [-0.05, 0) is 32.9 Å². The van der Waals surface area contributed by atoms with E-state index in [0.29, 0.717) is 29.8 Å². The second-order valence-corrected chi connectivity index (χ2v) is 4.99. The Labute approximate surface area is 132 Å². The number of hydrogen-bond donors (Lipinski definition) is 2. The molecule has 0 radical (unpaired) electrons. The van der Waals surface area contributed by atoms with E-state index in [0.717, 1.165) is 18.1 Å². The van der Waals surface area contributed by atoms with Gasteiger partial charge in [0.05, 0.1) is 27.9 Å². The highest BCUT2D eigenvalue weighted by atomic mass is 16.5. The lowest BCUT2D eigenvalue weighted by molar-refractivity contribution is 0.322.